The maximum Gasteiger partial charge on any atom is 0.256 e. The number of imidazole rings is 2. The van der Waals surface area contributed by atoms with Gasteiger partial charge in [0, 0.05) is 23.1 Å². The molecule has 6 aromatic carbocycles. The van der Waals surface area contributed by atoms with Crippen molar-refractivity contribution in [1.29, 1.82) is 0 Å². The second-order valence-corrected chi connectivity index (χ2v) is 11.7. The summed E-state index contributed by atoms with van der Waals surface area (Å²) in [5.74, 6) is 2.71. The van der Waals surface area contributed by atoms with E-state index in [1.54, 1.807) is 0 Å². The van der Waals surface area contributed by atoms with Crippen LogP contribution in [0.3, 0.4) is 0 Å². The van der Waals surface area contributed by atoms with E-state index in [1.807, 2.05) is 6.07 Å². The van der Waals surface area contributed by atoms with Crippen LogP contribution in [0.1, 0.15) is 5.56 Å². The van der Waals surface area contributed by atoms with Crippen LogP contribution >= 0.6 is 0 Å². The molecule has 0 N–H and O–H groups in total. The van der Waals surface area contributed by atoms with Gasteiger partial charge in [-0.15, -0.1) is 0 Å². The van der Waals surface area contributed by atoms with E-state index >= 15 is 0 Å². The lowest BCUT2D eigenvalue weighted by Crippen LogP contribution is -2.59. The second-order valence-electron chi connectivity index (χ2n) is 11.7. The summed E-state index contributed by atoms with van der Waals surface area (Å²) in [7, 11) is 0. The number of hydrogen-bond donors (Lipinski definition) is 0. The molecule has 10 rings (SSSR count). The first-order valence-electron chi connectivity index (χ1n) is 15.0. The number of aryl methyl sites for hydroxylation is 1. The van der Waals surface area contributed by atoms with Crippen LogP contribution in [0.4, 0.5) is 17.1 Å². The lowest BCUT2D eigenvalue weighted by molar-refractivity contribution is 0.483. The summed E-state index contributed by atoms with van der Waals surface area (Å²) in [6.45, 7) is 2.20. The minimum absolute atomic E-state index is 0.0595. The molecule has 0 spiro atoms. The molecular formula is C38H25BN4O. The molecule has 0 amide bonds. The van der Waals surface area contributed by atoms with Crippen molar-refractivity contribution in [2.75, 3.05) is 4.90 Å². The zero-order valence-electron chi connectivity index (χ0n) is 24.0. The predicted octanol–water partition coefficient (Wildman–Crippen LogP) is 7.14. The van der Waals surface area contributed by atoms with Gasteiger partial charge in [0.15, 0.2) is 0 Å². The number of rotatable bonds is 2. The Morgan fingerprint density at radius 2 is 1.34 bits per heavy atom. The Morgan fingerprint density at radius 3 is 2.23 bits per heavy atom. The fourth-order valence-electron chi connectivity index (χ4n) is 7.44. The highest BCUT2D eigenvalue weighted by molar-refractivity contribution is 6.99. The number of aromatic nitrogens is 3. The van der Waals surface area contributed by atoms with Crippen molar-refractivity contribution in [2.45, 2.75) is 6.92 Å². The summed E-state index contributed by atoms with van der Waals surface area (Å²) in [5.41, 5.74) is 13.5. The molecule has 0 saturated heterocycles. The molecule has 0 fully saturated rings. The van der Waals surface area contributed by atoms with Crippen LogP contribution in [0.25, 0.3) is 33.5 Å². The molecule has 5 nitrogen and oxygen atoms in total. The molecule has 6 heteroatoms. The molecule has 2 aliphatic rings. The van der Waals surface area contributed by atoms with Crippen LogP contribution < -0.4 is 26.0 Å². The Morgan fingerprint density at radius 1 is 0.614 bits per heavy atom. The lowest BCUT2D eigenvalue weighted by atomic mass is 9.34. The van der Waals surface area contributed by atoms with Gasteiger partial charge >= 0.3 is 0 Å². The first kappa shape index (κ1) is 23.8. The van der Waals surface area contributed by atoms with Crippen molar-refractivity contribution in [3.05, 3.63) is 139 Å². The maximum absolute atomic E-state index is 6.91. The Hall–Kier alpha value is -5.75. The van der Waals surface area contributed by atoms with E-state index in [-0.39, 0.29) is 6.71 Å². The lowest BCUT2D eigenvalue weighted by Gasteiger charge is -2.40. The van der Waals surface area contributed by atoms with Gasteiger partial charge in [0.25, 0.3) is 6.71 Å². The minimum atomic E-state index is 0.0595. The van der Waals surface area contributed by atoms with Crippen molar-refractivity contribution >= 4 is 68.0 Å². The highest BCUT2D eigenvalue weighted by Crippen LogP contribution is 2.43. The standard InChI is InChI=1S/C38H25BN4O/c1-24-12-11-16-28-37(24)44-35-23-26(42-32-20-9-10-21-33(32)43-31-19-8-6-17-29(31)40-38(42)43)22-34-36(35)39(28)27-15-5-7-18-30(27)41(34)25-13-3-2-4-14-25/h2-23H,1H3. The van der Waals surface area contributed by atoms with Gasteiger partial charge in [0.05, 0.1) is 27.8 Å². The van der Waals surface area contributed by atoms with Gasteiger partial charge in [-0.25, -0.2) is 4.98 Å². The number of para-hydroxylation sites is 7. The van der Waals surface area contributed by atoms with Crippen LogP contribution in [0.5, 0.6) is 11.5 Å². The molecule has 44 heavy (non-hydrogen) atoms. The van der Waals surface area contributed by atoms with Gasteiger partial charge in [-0.2, -0.15) is 0 Å². The van der Waals surface area contributed by atoms with E-state index < -0.39 is 0 Å². The SMILES string of the molecule is Cc1cccc2c1Oc1cc(-n3c4ccccc4n4c5ccccc5nc34)cc3c1B2c1ccccc1N3c1ccccc1. The van der Waals surface area contributed by atoms with Crippen molar-refractivity contribution in [1.82, 2.24) is 14.0 Å². The molecule has 206 valence electrons. The van der Waals surface area contributed by atoms with Crippen molar-refractivity contribution in [3.8, 4) is 17.2 Å². The Balaban J connectivity index is 1.34. The van der Waals surface area contributed by atoms with Crippen LogP contribution in [0, 0.1) is 6.92 Å². The third kappa shape index (κ3) is 3.06. The van der Waals surface area contributed by atoms with E-state index in [9.17, 15) is 0 Å². The number of fused-ring (bicyclic) bond motifs is 9. The van der Waals surface area contributed by atoms with Crippen molar-refractivity contribution in [3.63, 3.8) is 0 Å². The van der Waals surface area contributed by atoms with E-state index in [1.165, 1.54) is 22.1 Å². The van der Waals surface area contributed by atoms with Crippen molar-refractivity contribution < 1.29 is 4.74 Å². The summed E-state index contributed by atoms with van der Waals surface area (Å²) in [4.78, 5) is 7.55. The number of benzene rings is 6. The molecule has 0 aliphatic carbocycles. The van der Waals surface area contributed by atoms with Gasteiger partial charge in [-0.1, -0.05) is 78.9 Å². The molecule has 8 aromatic rings. The van der Waals surface area contributed by atoms with Crippen molar-refractivity contribution in [2.24, 2.45) is 0 Å². The second kappa shape index (κ2) is 8.65. The number of hydrogen-bond acceptors (Lipinski definition) is 3. The Bertz CT molecular complexity index is 2460. The van der Waals surface area contributed by atoms with Gasteiger partial charge in [-0.05, 0) is 77.4 Å². The molecule has 2 aromatic heterocycles. The molecule has 0 bridgehead atoms. The average molecular weight is 564 g/mol. The maximum atomic E-state index is 6.91. The van der Waals surface area contributed by atoms with Crippen LogP contribution in [0.15, 0.2) is 133 Å². The largest absolute Gasteiger partial charge is 0.458 e. The van der Waals surface area contributed by atoms with E-state index in [4.69, 9.17) is 9.72 Å². The Labute approximate surface area is 254 Å². The fourth-order valence-corrected chi connectivity index (χ4v) is 7.44. The molecule has 4 heterocycles. The zero-order valence-corrected chi connectivity index (χ0v) is 24.0. The summed E-state index contributed by atoms with van der Waals surface area (Å²) in [5, 5.41) is 0. The summed E-state index contributed by atoms with van der Waals surface area (Å²) >= 11 is 0. The van der Waals surface area contributed by atoms with Crippen LogP contribution in [-0.2, 0) is 0 Å². The smallest absolute Gasteiger partial charge is 0.256 e. The molecule has 0 saturated carbocycles. The molecular weight excluding hydrogens is 539 g/mol. The number of anilines is 3. The van der Waals surface area contributed by atoms with Gasteiger partial charge in [0.1, 0.15) is 11.5 Å². The summed E-state index contributed by atoms with van der Waals surface area (Å²) in [6, 6.07) is 47.4. The first-order valence-corrected chi connectivity index (χ1v) is 15.0. The first-order chi connectivity index (χ1) is 21.8. The summed E-state index contributed by atoms with van der Waals surface area (Å²) < 4.78 is 11.5. The predicted molar refractivity (Wildman–Crippen MR) is 180 cm³/mol. The van der Waals surface area contributed by atoms with E-state index in [2.05, 4.69) is 148 Å². The van der Waals surface area contributed by atoms with E-state index in [0.717, 1.165) is 62.0 Å². The molecule has 0 unspecified atom stereocenters. The third-order valence-electron chi connectivity index (χ3n) is 9.27. The average Bonchev–Trinajstić information content (AvgIpc) is 3.60. The monoisotopic (exact) mass is 564 g/mol. The Kier molecular flexibility index (Phi) is 4.67. The number of ether oxygens (including phenoxy) is 1. The molecule has 0 atom stereocenters. The molecule has 2 aliphatic heterocycles. The third-order valence-corrected chi connectivity index (χ3v) is 9.27. The minimum Gasteiger partial charge on any atom is -0.458 e. The number of nitrogens with zero attached hydrogens (tertiary/aromatic N) is 4. The topological polar surface area (TPSA) is 34.7 Å². The fraction of sp³-hybridized carbons (Fsp3) is 0.0263. The highest BCUT2D eigenvalue weighted by atomic mass is 16.5. The highest BCUT2D eigenvalue weighted by Gasteiger charge is 2.42. The van der Waals surface area contributed by atoms with Gasteiger partial charge in [-0.3, -0.25) is 8.97 Å². The van der Waals surface area contributed by atoms with Crippen LogP contribution in [-0.4, -0.2) is 20.7 Å². The van der Waals surface area contributed by atoms with Crippen LogP contribution in [0.2, 0.25) is 0 Å². The normalized spacial score (nSPS) is 13.2. The summed E-state index contributed by atoms with van der Waals surface area (Å²) in [6.07, 6.45) is 0. The van der Waals surface area contributed by atoms with E-state index in [0.29, 0.717) is 0 Å². The van der Waals surface area contributed by atoms with Gasteiger partial charge in [0.2, 0.25) is 5.78 Å². The zero-order chi connectivity index (χ0) is 28.9. The molecule has 0 radical (unpaired) electrons. The van der Waals surface area contributed by atoms with Gasteiger partial charge < -0.3 is 9.64 Å². The quantitative estimate of drug-likeness (QED) is 0.209.